The molecule has 1 aliphatic rings. The third-order valence-corrected chi connectivity index (χ3v) is 6.71. The minimum absolute atomic E-state index is 0.172. The fourth-order valence-electron chi connectivity index (χ4n) is 3.05. The average Bonchev–Trinajstić information content (AvgIpc) is 3.12. The van der Waals surface area contributed by atoms with Gasteiger partial charge in [-0.2, -0.15) is 4.31 Å². The first-order valence-electron chi connectivity index (χ1n) is 8.75. The van der Waals surface area contributed by atoms with Gasteiger partial charge in [0, 0.05) is 37.8 Å². The molecule has 1 atom stereocenters. The van der Waals surface area contributed by atoms with Gasteiger partial charge in [-0.05, 0) is 49.6 Å². The summed E-state index contributed by atoms with van der Waals surface area (Å²) in [5.74, 6) is 0.890. The van der Waals surface area contributed by atoms with Crippen molar-refractivity contribution < 1.29 is 13.2 Å². The first kappa shape index (κ1) is 18.8. The Balaban J connectivity index is 1.63. The van der Waals surface area contributed by atoms with Gasteiger partial charge in [-0.1, -0.05) is 6.07 Å². The van der Waals surface area contributed by atoms with Gasteiger partial charge in [-0.3, -0.25) is 4.98 Å². The van der Waals surface area contributed by atoms with Gasteiger partial charge in [-0.25, -0.2) is 8.42 Å². The van der Waals surface area contributed by atoms with Crippen molar-refractivity contribution >= 4 is 10.0 Å². The van der Waals surface area contributed by atoms with E-state index < -0.39 is 10.0 Å². The number of ether oxygens (including phenoxy) is 1. The SMILES string of the molecule is Cc1ccc(S(=O)(=O)N2CC[C@H](COc3ccnc(CN)c3)C2)cc1C. The van der Waals surface area contributed by atoms with Crippen molar-refractivity contribution in [2.24, 2.45) is 11.7 Å². The number of hydrogen-bond acceptors (Lipinski definition) is 5. The molecule has 2 aromatic rings. The number of hydrogen-bond donors (Lipinski definition) is 1. The van der Waals surface area contributed by atoms with Crippen LogP contribution in [0, 0.1) is 19.8 Å². The Kier molecular flexibility index (Phi) is 5.60. The molecule has 0 aliphatic carbocycles. The molecule has 2 heterocycles. The number of sulfonamides is 1. The van der Waals surface area contributed by atoms with E-state index in [1.165, 1.54) is 0 Å². The minimum atomic E-state index is -3.45. The van der Waals surface area contributed by atoms with E-state index >= 15 is 0 Å². The van der Waals surface area contributed by atoms with Gasteiger partial charge in [0.15, 0.2) is 0 Å². The van der Waals surface area contributed by atoms with Crippen molar-refractivity contribution in [1.29, 1.82) is 0 Å². The van der Waals surface area contributed by atoms with Crippen LogP contribution >= 0.6 is 0 Å². The molecule has 1 saturated heterocycles. The maximum atomic E-state index is 12.9. The predicted octanol–water partition coefficient (Wildman–Crippen LogP) is 2.25. The molecule has 0 bridgehead atoms. The van der Waals surface area contributed by atoms with E-state index in [1.807, 2.05) is 26.0 Å². The van der Waals surface area contributed by atoms with Crippen LogP contribution in [-0.4, -0.2) is 37.4 Å². The molecule has 0 radical (unpaired) electrons. The van der Waals surface area contributed by atoms with Crippen LogP contribution < -0.4 is 10.5 Å². The second-order valence-corrected chi connectivity index (χ2v) is 8.70. The van der Waals surface area contributed by atoms with Gasteiger partial charge >= 0.3 is 0 Å². The monoisotopic (exact) mass is 375 g/mol. The van der Waals surface area contributed by atoms with Crippen LogP contribution in [0.4, 0.5) is 0 Å². The number of nitrogens with zero attached hydrogens (tertiary/aromatic N) is 2. The summed E-state index contributed by atoms with van der Waals surface area (Å²) in [6.07, 6.45) is 2.46. The summed E-state index contributed by atoms with van der Waals surface area (Å²) in [5, 5.41) is 0. The number of nitrogens with two attached hydrogens (primary N) is 1. The van der Waals surface area contributed by atoms with E-state index in [9.17, 15) is 8.42 Å². The fourth-order valence-corrected chi connectivity index (χ4v) is 4.66. The molecule has 140 valence electrons. The number of pyridine rings is 1. The van der Waals surface area contributed by atoms with Gasteiger partial charge in [0.1, 0.15) is 5.75 Å². The summed E-state index contributed by atoms with van der Waals surface area (Å²) in [5.41, 5.74) is 8.43. The zero-order valence-corrected chi connectivity index (χ0v) is 16.0. The van der Waals surface area contributed by atoms with Crippen LogP contribution in [0.2, 0.25) is 0 Å². The van der Waals surface area contributed by atoms with Crippen molar-refractivity contribution in [2.45, 2.75) is 31.7 Å². The number of aromatic nitrogens is 1. The smallest absolute Gasteiger partial charge is 0.243 e. The lowest BCUT2D eigenvalue weighted by Gasteiger charge is -2.17. The molecule has 7 heteroatoms. The lowest BCUT2D eigenvalue weighted by molar-refractivity contribution is 0.254. The zero-order valence-electron chi connectivity index (χ0n) is 15.2. The highest BCUT2D eigenvalue weighted by Gasteiger charge is 2.33. The molecular weight excluding hydrogens is 350 g/mol. The summed E-state index contributed by atoms with van der Waals surface area (Å²) >= 11 is 0. The summed E-state index contributed by atoms with van der Waals surface area (Å²) in [6.45, 7) is 5.75. The molecule has 0 amide bonds. The quantitative estimate of drug-likeness (QED) is 0.837. The van der Waals surface area contributed by atoms with Crippen LogP contribution in [0.5, 0.6) is 5.75 Å². The lowest BCUT2D eigenvalue weighted by atomic mass is 10.1. The van der Waals surface area contributed by atoms with Gasteiger partial charge in [-0.15, -0.1) is 0 Å². The molecule has 3 rings (SSSR count). The molecule has 0 unspecified atom stereocenters. The van der Waals surface area contributed by atoms with Gasteiger partial charge in [0.25, 0.3) is 0 Å². The van der Waals surface area contributed by atoms with Crippen LogP contribution in [0.1, 0.15) is 23.2 Å². The zero-order chi connectivity index (χ0) is 18.7. The number of rotatable bonds is 6. The van der Waals surface area contributed by atoms with E-state index in [1.54, 1.807) is 28.7 Å². The molecule has 2 N–H and O–H groups in total. The topological polar surface area (TPSA) is 85.5 Å². The van der Waals surface area contributed by atoms with E-state index in [4.69, 9.17) is 10.5 Å². The molecule has 26 heavy (non-hydrogen) atoms. The Morgan fingerprint density at radius 2 is 2.04 bits per heavy atom. The Bertz CT molecular complexity index is 883. The normalized spacial score (nSPS) is 18.2. The van der Waals surface area contributed by atoms with E-state index in [-0.39, 0.29) is 5.92 Å². The Morgan fingerprint density at radius 3 is 2.77 bits per heavy atom. The van der Waals surface area contributed by atoms with Crippen molar-refractivity contribution in [2.75, 3.05) is 19.7 Å². The maximum absolute atomic E-state index is 12.9. The predicted molar refractivity (Wildman–Crippen MR) is 100 cm³/mol. The van der Waals surface area contributed by atoms with Crippen molar-refractivity contribution in [1.82, 2.24) is 9.29 Å². The molecule has 0 spiro atoms. The molecule has 6 nitrogen and oxygen atoms in total. The molecule has 1 aromatic heterocycles. The summed E-state index contributed by atoms with van der Waals surface area (Å²) < 4.78 is 33.1. The number of benzene rings is 1. The summed E-state index contributed by atoms with van der Waals surface area (Å²) in [7, 11) is -3.45. The highest BCUT2D eigenvalue weighted by atomic mass is 32.2. The van der Waals surface area contributed by atoms with E-state index in [2.05, 4.69) is 4.98 Å². The second kappa shape index (κ2) is 7.73. The van der Waals surface area contributed by atoms with E-state index in [0.29, 0.717) is 31.1 Å². The van der Waals surface area contributed by atoms with Crippen LogP contribution in [-0.2, 0) is 16.6 Å². The summed E-state index contributed by atoms with van der Waals surface area (Å²) in [6, 6.07) is 8.90. The minimum Gasteiger partial charge on any atom is -0.493 e. The largest absolute Gasteiger partial charge is 0.493 e. The average molecular weight is 375 g/mol. The number of aryl methyl sites for hydroxylation is 2. The van der Waals surface area contributed by atoms with Crippen molar-refractivity contribution in [3.05, 3.63) is 53.3 Å². The molecule has 1 fully saturated rings. The van der Waals surface area contributed by atoms with E-state index in [0.717, 1.165) is 29.0 Å². The lowest BCUT2D eigenvalue weighted by Crippen LogP contribution is -2.29. The Morgan fingerprint density at radius 1 is 1.23 bits per heavy atom. The molecule has 1 aromatic carbocycles. The second-order valence-electron chi connectivity index (χ2n) is 6.76. The summed E-state index contributed by atoms with van der Waals surface area (Å²) in [4.78, 5) is 4.50. The van der Waals surface area contributed by atoms with Gasteiger partial charge in [0.2, 0.25) is 10.0 Å². The first-order valence-corrected chi connectivity index (χ1v) is 10.2. The third-order valence-electron chi connectivity index (χ3n) is 4.85. The van der Waals surface area contributed by atoms with Crippen LogP contribution in [0.25, 0.3) is 0 Å². The fraction of sp³-hybridized carbons (Fsp3) is 0.421. The molecule has 1 aliphatic heterocycles. The van der Waals surface area contributed by atoms with Crippen molar-refractivity contribution in [3.63, 3.8) is 0 Å². The van der Waals surface area contributed by atoms with Gasteiger partial charge < -0.3 is 10.5 Å². The highest BCUT2D eigenvalue weighted by molar-refractivity contribution is 7.89. The third kappa shape index (κ3) is 4.06. The Hall–Kier alpha value is -1.96. The van der Waals surface area contributed by atoms with Gasteiger partial charge in [0.05, 0.1) is 17.2 Å². The Labute approximate surface area is 155 Å². The maximum Gasteiger partial charge on any atom is 0.243 e. The van der Waals surface area contributed by atoms with Crippen LogP contribution in [0.15, 0.2) is 41.4 Å². The molecular formula is C19H25N3O3S. The highest BCUT2D eigenvalue weighted by Crippen LogP contribution is 2.26. The van der Waals surface area contributed by atoms with Crippen LogP contribution in [0.3, 0.4) is 0 Å². The standard InChI is InChI=1S/C19H25N3O3S/c1-14-3-4-19(9-15(14)2)26(23,24)22-8-6-16(12-22)13-25-18-5-7-21-17(10-18)11-20/h3-5,7,9-10,16H,6,8,11-13,20H2,1-2H3/t16-/m0/s1. The van der Waals surface area contributed by atoms with Crippen molar-refractivity contribution in [3.8, 4) is 5.75 Å². The first-order chi connectivity index (χ1) is 12.4. The molecule has 0 saturated carbocycles.